The van der Waals surface area contributed by atoms with Crippen molar-refractivity contribution in [1.82, 2.24) is 4.90 Å². The molecule has 2 atom stereocenters. The van der Waals surface area contributed by atoms with Crippen LogP contribution in [0.3, 0.4) is 0 Å². The summed E-state index contributed by atoms with van der Waals surface area (Å²) in [6.07, 6.45) is 6.36. The summed E-state index contributed by atoms with van der Waals surface area (Å²) in [6, 6.07) is 1.40. The first-order valence-corrected chi connectivity index (χ1v) is 5.95. The van der Waals surface area contributed by atoms with E-state index in [4.69, 9.17) is 10.5 Å². The third kappa shape index (κ3) is 2.27. The summed E-state index contributed by atoms with van der Waals surface area (Å²) in [6.45, 7) is 3.99. The monoisotopic (exact) mass is 198 g/mol. The molecule has 2 saturated heterocycles. The molecule has 2 aliphatic heterocycles. The Morgan fingerprint density at radius 3 is 2.93 bits per heavy atom. The Labute approximate surface area is 86.6 Å². The minimum Gasteiger partial charge on any atom is -0.381 e. The molecule has 2 unspecified atom stereocenters. The summed E-state index contributed by atoms with van der Waals surface area (Å²) in [5, 5.41) is 0. The molecule has 0 radical (unpaired) electrons. The predicted molar refractivity (Wildman–Crippen MR) is 57.2 cm³/mol. The van der Waals surface area contributed by atoms with Gasteiger partial charge in [-0.1, -0.05) is 0 Å². The molecule has 2 N–H and O–H groups in total. The number of rotatable bonds is 2. The van der Waals surface area contributed by atoms with Crippen molar-refractivity contribution in [1.29, 1.82) is 0 Å². The normalized spacial score (nSPS) is 35.8. The highest BCUT2D eigenvalue weighted by Gasteiger charge is 2.29. The second-order valence-electron chi connectivity index (χ2n) is 4.47. The lowest BCUT2D eigenvalue weighted by Gasteiger charge is -2.31. The Kier molecular flexibility index (Phi) is 3.79. The van der Waals surface area contributed by atoms with Gasteiger partial charge in [-0.2, -0.15) is 0 Å². The molecule has 0 amide bonds. The molecule has 0 aromatic carbocycles. The van der Waals surface area contributed by atoms with Gasteiger partial charge in [0.1, 0.15) is 0 Å². The van der Waals surface area contributed by atoms with Crippen LogP contribution < -0.4 is 5.73 Å². The van der Waals surface area contributed by atoms with E-state index in [2.05, 4.69) is 4.90 Å². The summed E-state index contributed by atoms with van der Waals surface area (Å²) in [4.78, 5) is 2.63. The Morgan fingerprint density at radius 1 is 1.14 bits per heavy atom. The zero-order valence-corrected chi connectivity index (χ0v) is 8.95. The van der Waals surface area contributed by atoms with Gasteiger partial charge in [0.25, 0.3) is 0 Å². The number of nitrogens with two attached hydrogens (primary N) is 1. The van der Waals surface area contributed by atoms with Crippen LogP contribution in [0.2, 0.25) is 0 Å². The van der Waals surface area contributed by atoms with E-state index < -0.39 is 0 Å². The molecule has 14 heavy (non-hydrogen) atoms. The van der Waals surface area contributed by atoms with Crippen molar-refractivity contribution in [2.75, 3.05) is 26.3 Å². The van der Waals surface area contributed by atoms with Crippen LogP contribution in [0.15, 0.2) is 0 Å². The zero-order chi connectivity index (χ0) is 9.80. The van der Waals surface area contributed by atoms with E-state index in [0.717, 1.165) is 25.8 Å². The van der Waals surface area contributed by atoms with Gasteiger partial charge in [-0.15, -0.1) is 0 Å². The molecule has 82 valence electrons. The van der Waals surface area contributed by atoms with Crippen molar-refractivity contribution in [2.45, 2.75) is 44.2 Å². The Bertz CT molecular complexity index is 167. The summed E-state index contributed by atoms with van der Waals surface area (Å²) in [5.41, 5.74) is 5.80. The standard InChI is InChI=1S/C11H22N2O/c12-9-11-3-1-6-13(11)10-4-2-7-14-8-5-10/h10-11H,1-9,12H2. The van der Waals surface area contributed by atoms with Gasteiger partial charge in [0.05, 0.1) is 0 Å². The van der Waals surface area contributed by atoms with Crippen LogP contribution in [0, 0.1) is 0 Å². The summed E-state index contributed by atoms with van der Waals surface area (Å²) >= 11 is 0. The van der Waals surface area contributed by atoms with Gasteiger partial charge >= 0.3 is 0 Å². The second kappa shape index (κ2) is 5.10. The summed E-state index contributed by atoms with van der Waals surface area (Å²) < 4.78 is 5.50. The zero-order valence-electron chi connectivity index (χ0n) is 8.95. The largest absolute Gasteiger partial charge is 0.381 e. The maximum absolute atomic E-state index is 5.80. The first kappa shape index (κ1) is 10.4. The van der Waals surface area contributed by atoms with Crippen molar-refractivity contribution in [2.24, 2.45) is 5.73 Å². The number of hydrogen-bond acceptors (Lipinski definition) is 3. The number of ether oxygens (including phenoxy) is 1. The van der Waals surface area contributed by atoms with Crippen LogP contribution in [0.5, 0.6) is 0 Å². The molecule has 3 nitrogen and oxygen atoms in total. The minimum atomic E-state index is 0.651. The van der Waals surface area contributed by atoms with Crippen LogP contribution in [0.1, 0.15) is 32.1 Å². The highest BCUT2D eigenvalue weighted by Crippen LogP contribution is 2.24. The van der Waals surface area contributed by atoms with E-state index in [9.17, 15) is 0 Å². The van der Waals surface area contributed by atoms with Gasteiger partial charge in [-0.3, -0.25) is 4.90 Å². The fraction of sp³-hybridized carbons (Fsp3) is 1.00. The second-order valence-corrected chi connectivity index (χ2v) is 4.47. The van der Waals surface area contributed by atoms with Crippen LogP contribution in [-0.2, 0) is 4.74 Å². The van der Waals surface area contributed by atoms with E-state index in [1.54, 1.807) is 0 Å². The molecule has 2 heterocycles. The van der Waals surface area contributed by atoms with Crippen molar-refractivity contribution < 1.29 is 4.74 Å². The van der Waals surface area contributed by atoms with E-state index in [1.165, 1.54) is 38.6 Å². The van der Waals surface area contributed by atoms with Gasteiger partial charge in [0.15, 0.2) is 0 Å². The third-order valence-corrected chi connectivity index (χ3v) is 3.59. The predicted octanol–water partition coefficient (Wildman–Crippen LogP) is 0.979. The van der Waals surface area contributed by atoms with Crippen molar-refractivity contribution in [3.63, 3.8) is 0 Å². The molecule has 2 aliphatic rings. The van der Waals surface area contributed by atoms with E-state index in [-0.39, 0.29) is 0 Å². The van der Waals surface area contributed by atoms with Gasteiger partial charge in [0.2, 0.25) is 0 Å². The quantitative estimate of drug-likeness (QED) is 0.719. The topological polar surface area (TPSA) is 38.5 Å². The molecule has 0 spiro atoms. The SMILES string of the molecule is NCC1CCCN1C1CCCOCC1. The number of hydrogen-bond donors (Lipinski definition) is 1. The average Bonchev–Trinajstić information content (AvgIpc) is 2.52. The van der Waals surface area contributed by atoms with Gasteiger partial charge < -0.3 is 10.5 Å². The summed E-state index contributed by atoms with van der Waals surface area (Å²) in [5.74, 6) is 0. The Hall–Kier alpha value is -0.120. The van der Waals surface area contributed by atoms with Gasteiger partial charge in [0, 0.05) is 31.8 Å². The van der Waals surface area contributed by atoms with Crippen LogP contribution in [0.4, 0.5) is 0 Å². The number of likely N-dealkylation sites (tertiary alicyclic amines) is 1. The van der Waals surface area contributed by atoms with E-state index >= 15 is 0 Å². The molecule has 0 saturated carbocycles. The first-order valence-electron chi connectivity index (χ1n) is 5.95. The fourth-order valence-electron chi connectivity index (χ4n) is 2.81. The number of nitrogens with zero attached hydrogens (tertiary/aromatic N) is 1. The smallest absolute Gasteiger partial charge is 0.0480 e. The highest BCUT2D eigenvalue weighted by atomic mass is 16.5. The maximum atomic E-state index is 5.80. The fourth-order valence-corrected chi connectivity index (χ4v) is 2.81. The van der Waals surface area contributed by atoms with Gasteiger partial charge in [-0.05, 0) is 38.6 Å². The summed E-state index contributed by atoms with van der Waals surface area (Å²) in [7, 11) is 0. The van der Waals surface area contributed by atoms with Crippen LogP contribution in [-0.4, -0.2) is 43.3 Å². The molecular weight excluding hydrogens is 176 g/mol. The molecule has 0 bridgehead atoms. The molecule has 0 aliphatic carbocycles. The van der Waals surface area contributed by atoms with Gasteiger partial charge in [-0.25, -0.2) is 0 Å². The molecule has 0 aromatic rings. The van der Waals surface area contributed by atoms with Crippen molar-refractivity contribution in [3.05, 3.63) is 0 Å². The van der Waals surface area contributed by atoms with Crippen molar-refractivity contribution >= 4 is 0 Å². The highest BCUT2D eigenvalue weighted by molar-refractivity contribution is 4.85. The molecule has 0 aromatic heterocycles. The van der Waals surface area contributed by atoms with E-state index in [0.29, 0.717) is 6.04 Å². The molecular formula is C11H22N2O. The molecule has 2 rings (SSSR count). The lowest BCUT2D eigenvalue weighted by Crippen LogP contribution is -2.42. The molecule has 2 fully saturated rings. The average molecular weight is 198 g/mol. The Morgan fingerprint density at radius 2 is 2.07 bits per heavy atom. The molecule has 3 heteroatoms. The Balaban J connectivity index is 1.91. The first-order chi connectivity index (χ1) is 6.92. The minimum absolute atomic E-state index is 0.651. The maximum Gasteiger partial charge on any atom is 0.0480 e. The van der Waals surface area contributed by atoms with Crippen LogP contribution in [0.25, 0.3) is 0 Å². The lowest BCUT2D eigenvalue weighted by atomic mass is 10.1. The van der Waals surface area contributed by atoms with E-state index in [1.807, 2.05) is 0 Å². The third-order valence-electron chi connectivity index (χ3n) is 3.59. The lowest BCUT2D eigenvalue weighted by molar-refractivity contribution is 0.125. The van der Waals surface area contributed by atoms with Crippen LogP contribution >= 0.6 is 0 Å². The van der Waals surface area contributed by atoms with Crippen molar-refractivity contribution in [3.8, 4) is 0 Å².